The second-order valence-corrected chi connectivity index (χ2v) is 4.54. The summed E-state index contributed by atoms with van der Waals surface area (Å²) in [5, 5.41) is 0. The van der Waals surface area contributed by atoms with E-state index >= 15 is 0 Å². The van der Waals surface area contributed by atoms with Crippen molar-refractivity contribution in [1.29, 1.82) is 0 Å². The van der Waals surface area contributed by atoms with Gasteiger partial charge in [-0.2, -0.15) is 0 Å². The Morgan fingerprint density at radius 1 is 1.09 bits per heavy atom. The molecule has 1 heterocycles. The van der Waals surface area contributed by atoms with Gasteiger partial charge in [0.15, 0.2) is 5.70 Å². The highest BCUT2D eigenvalue weighted by atomic mass is 16.5. The molecule has 0 fully saturated rings. The van der Waals surface area contributed by atoms with Crippen molar-refractivity contribution in [2.45, 2.75) is 0 Å². The molecule has 0 unspecified atom stereocenters. The summed E-state index contributed by atoms with van der Waals surface area (Å²) in [5.41, 5.74) is 2.10. The molecule has 0 saturated heterocycles. The normalized spacial score (nSPS) is 11.0. The smallest absolute Gasteiger partial charge is 0.357 e. The van der Waals surface area contributed by atoms with Crippen LogP contribution in [0.15, 0.2) is 60.5 Å². The standard InChI is InChI=1S/C17H18N2O3/c1-19(15(12-21-2)17(20)22-3)16-11-7-10-14(18-16)13-8-5-4-6-9-13/h4-12H,1-3H3. The molecule has 0 aliphatic heterocycles. The van der Waals surface area contributed by atoms with Crippen molar-refractivity contribution < 1.29 is 14.3 Å². The van der Waals surface area contributed by atoms with Crippen molar-refractivity contribution in [3.8, 4) is 11.3 Å². The van der Waals surface area contributed by atoms with Crippen LogP contribution in [0.1, 0.15) is 0 Å². The molecule has 1 aromatic heterocycles. The van der Waals surface area contributed by atoms with Gasteiger partial charge in [0.2, 0.25) is 0 Å². The molecule has 0 amide bonds. The maximum absolute atomic E-state index is 11.8. The Balaban J connectivity index is 2.36. The fourth-order valence-corrected chi connectivity index (χ4v) is 1.98. The molecule has 22 heavy (non-hydrogen) atoms. The average molecular weight is 298 g/mol. The number of hydrogen-bond acceptors (Lipinski definition) is 5. The van der Waals surface area contributed by atoms with Gasteiger partial charge in [-0.3, -0.25) is 0 Å². The quantitative estimate of drug-likeness (QED) is 0.482. The molecule has 0 aliphatic carbocycles. The molecule has 0 bridgehead atoms. The first-order chi connectivity index (χ1) is 10.7. The number of rotatable bonds is 5. The van der Waals surface area contributed by atoms with E-state index in [1.54, 1.807) is 11.9 Å². The summed E-state index contributed by atoms with van der Waals surface area (Å²) in [6.45, 7) is 0. The molecular formula is C17H18N2O3. The lowest BCUT2D eigenvalue weighted by atomic mass is 10.1. The average Bonchev–Trinajstić information content (AvgIpc) is 2.59. The summed E-state index contributed by atoms with van der Waals surface area (Å²) < 4.78 is 9.72. The van der Waals surface area contributed by atoms with Gasteiger partial charge < -0.3 is 14.4 Å². The van der Waals surface area contributed by atoms with E-state index in [-0.39, 0.29) is 5.70 Å². The number of ether oxygens (including phenoxy) is 2. The van der Waals surface area contributed by atoms with E-state index in [0.29, 0.717) is 5.82 Å². The second kappa shape index (κ2) is 7.26. The minimum Gasteiger partial charge on any atom is -0.502 e. The van der Waals surface area contributed by atoms with Crippen LogP contribution in [-0.4, -0.2) is 32.2 Å². The number of benzene rings is 1. The van der Waals surface area contributed by atoms with E-state index < -0.39 is 5.97 Å². The Hall–Kier alpha value is -2.82. The highest BCUT2D eigenvalue weighted by Gasteiger charge is 2.18. The Morgan fingerprint density at radius 2 is 1.82 bits per heavy atom. The van der Waals surface area contributed by atoms with Gasteiger partial charge in [-0.1, -0.05) is 36.4 Å². The fraction of sp³-hybridized carbons (Fsp3) is 0.176. The largest absolute Gasteiger partial charge is 0.502 e. The third kappa shape index (κ3) is 3.44. The predicted octanol–water partition coefficient (Wildman–Crippen LogP) is 2.85. The van der Waals surface area contributed by atoms with Crippen LogP contribution in [0.3, 0.4) is 0 Å². The molecule has 0 saturated carbocycles. The Bertz CT molecular complexity index is 669. The van der Waals surface area contributed by atoms with Crippen LogP contribution < -0.4 is 4.90 Å². The van der Waals surface area contributed by atoms with E-state index in [9.17, 15) is 4.79 Å². The number of esters is 1. The van der Waals surface area contributed by atoms with Gasteiger partial charge in [0.25, 0.3) is 0 Å². The van der Waals surface area contributed by atoms with Gasteiger partial charge in [-0.25, -0.2) is 9.78 Å². The van der Waals surface area contributed by atoms with Crippen LogP contribution >= 0.6 is 0 Å². The van der Waals surface area contributed by atoms with Crippen molar-refractivity contribution in [3.63, 3.8) is 0 Å². The Morgan fingerprint density at radius 3 is 2.45 bits per heavy atom. The summed E-state index contributed by atoms with van der Waals surface area (Å²) in [4.78, 5) is 18.0. The molecule has 114 valence electrons. The van der Waals surface area contributed by atoms with Crippen LogP contribution in [0, 0.1) is 0 Å². The van der Waals surface area contributed by atoms with Crippen molar-refractivity contribution in [2.24, 2.45) is 0 Å². The molecule has 0 radical (unpaired) electrons. The van der Waals surface area contributed by atoms with Crippen molar-refractivity contribution in [2.75, 3.05) is 26.2 Å². The Labute approximate surface area is 129 Å². The zero-order chi connectivity index (χ0) is 15.9. The number of likely N-dealkylation sites (N-methyl/N-ethyl adjacent to an activating group) is 1. The van der Waals surface area contributed by atoms with Gasteiger partial charge in [0.1, 0.15) is 12.1 Å². The maximum Gasteiger partial charge on any atom is 0.357 e. The lowest BCUT2D eigenvalue weighted by molar-refractivity contribution is -0.136. The number of pyridine rings is 1. The maximum atomic E-state index is 11.8. The van der Waals surface area contributed by atoms with Crippen molar-refractivity contribution in [3.05, 3.63) is 60.5 Å². The minimum absolute atomic E-state index is 0.266. The van der Waals surface area contributed by atoms with Crippen LogP contribution in [0.25, 0.3) is 11.3 Å². The molecule has 1 aromatic carbocycles. The van der Waals surface area contributed by atoms with Gasteiger partial charge >= 0.3 is 5.97 Å². The van der Waals surface area contributed by atoms with Crippen molar-refractivity contribution in [1.82, 2.24) is 4.98 Å². The van der Waals surface area contributed by atoms with Gasteiger partial charge in [0, 0.05) is 12.6 Å². The first-order valence-electron chi connectivity index (χ1n) is 6.75. The number of anilines is 1. The third-order valence-corrected chi connectivity index (χ3v) is 3.13. The number of aromatic nitrogens is 1. The van der Waals surface area contributed by atoms with Crippen LogP contribution in [-0.2, 0) is 14.3 Å². The molecule has 0 aliphatic rings. The summed E-state index contributed by atoms with van der Waals surface area (Å²) in [6, 6.07) is 15.5. The number of carbonyl (C=O) groups excluding carboxylic acids is 1. The third-order valence-electron chi connectivity index (χ3n) is 3.13. The topological polar surface area (TPSA) is 51.7 Å². The van der Waals surface area contributed by atoms with E-state index in [2.05, 4.69) is 4.98 Å². The van der Waals surface area contributed by atoms with Crippen LogP contribution in [0.5, 0.6) is 0 Å². The fourth-order valence-electron chi connectivity index (χ4n) is 1.98. The monoisotopic (exact) mass is 298 g/mol. The summed E-state index contributed by atoms with van der Waals surface area (Å²) in [5.74, 6) is 0.131. The molecule has 0 N–H and O–H groups in total. The Kier molecular flexibility index (Phi) is 5.14. The predicted molar refractivity (Wildman–Crippen MR) is 85.2 cm³/mol. The molecule has 5 heteroatoms. The van der Waals surface area contributed by atoms with Gasteiger partial charge in [0.05, 0.1) is 19.9 Å². The number of carbonyl (C=O) groups is 1. The molecular weight excluding hydrogens is 280 g/mol. The molecule has 0 atom stereocenters. The van der Waals surface area contributed by atoms with E-state index in [4.69, 9.17) is 9.47 Å². The lowest BCUT2D eigenvalue weighted by Crippen LogP contribution is -2.25. The zero-order valence-corrected chi connectivity index (χ0v) is 12.8. The second-order valence-electron chi connectivity index (χ2n) is 4.54. The van der Waals surface area contributed by atoms with Crippen LogP contribution in [0.4, 0.5) is 5.82 Å². The minimum atomic E-state index is -0.490. The summed E-state index contributed by atoms with van der Waals surface area (Å²) in [6.07, 6.45) is 1.34. The summed E-state index contributed by atoms with van der Waals surface area (Å²) >= 11 is 0. The number of nitrogens with zero attached hydrogens (tertiary/aromatic N) is 2. The highest BCUT2D eigenvalue weighted by molar-refractivity contribution is 5.92. The molecule has 5 nitrogen and oxygen atoms in total. The molecule has 2 rings (SSSR count). The molecule has 0 spiro atoms. The van der Waals surface area contributed by atoms with E-state index in [0.717, 1.165) is 11.3 Å². The van der Waals surface area contributed by atoms with Crippen LogP contribution in [0.2, 0.25) is 0 Å². The first-order valence-corrected chi connectivity index (χ1v) is 6.75. The van der Waals surface area contributed by atoms with Gasteiger partial charge in [-0.05, 0) is 12.1 Å². The van der Waals surface area contributed by atoms with Gasteiger partial charge in [-0.15, -0.1) is 0 Å². The van der Waals surface area contributed by atoms with E-state index in [1.165, 1.54) is 20.5 Å². The summed E-state index contributed by atoms with van der Waals surface area (Å²) in [7, 11) is 4.54. The van der Waals surface area contributed by atoms with E-state index in [1.807, 2.05) is 48.5 Å². The molecule has 2 aromatic rings. The lowest BCUT2D eigenvalue weighted by Gasteiger charge is -2.20. The van der Waals surface area contributed by atoms with Crippen molar-refractivity contribution >= 4 is 11.8 Å². The number of methoxy groups -OCH3 is 2. The first kappa shape index (κ1) is 15.6. The number of hydrogen-bond donors (Lipinski definition) is 0. The SMILES string of the molecule is COC=C(C(=O)OC)N(C)c1cccc(-c2ccccc2)n1. The zero-order valence-electron chi connectivity index (χ0n) is 12.8. The highest BCUT2D eigenvalue weighted by Crippen LogP contribution is 2.22.